The molecule has 1 aromatic rings. The molecule has 1 rings (SSSR count). The van der Waals surface area contributed by atoms with Crippen molar-refractivity contribution in [1.82, 2.24) is 0 Å². The first-order chi connectivity index (χ1) is 10.8. The molecule has 0 aliphatic carbocycles. The maximum Gasteiger partial charge on any atom is 0.305 e. The summed E-state index contributed by atoms with van der Waals surface area (Å²) >= 11 is 0. The Balaban J connectivity index is 2.15. The van der Waals surface area contributed by atoms with Crippen LogP contribution in [0.4, 0.5) is 0 Å². The number of hydrogen-bond donors (Lipinski definition) is 0. The van der Waals surface area contributed by atoms with Gasteiger partial charge >= 0.3 is 5.97 Å². The molecule has 0 fully saturated rings. The van der Waals surface area contributed by atoms with Gasteiger partial charge in [-0.05, 0) is 30.4 Å². The third kappa shape index (κ3) is 8.86. The van der Waals surface area contributed by atoms with Crippen LogP contribution in [0.1, 0.15) is 76.3 Å². The van der Waals surface area contributed by atoms with Crippen LogP contribution in [0.25, 0.3) is 0 Å². The van der Waals surface area contributed by atoms with Gasteiger partial charge in [-0.25, -0.2) is 0 Å². The SMILES string of the molecule is CCCCCCCCc1ccc(CCOC(=O)CCC)cc1. The minimum absolute atomic E-state index is 0.0813. The van der Waals surface area contributed by atoms with E-state index in [1.165, 1.54) is 56.1 Å². The second-order valence-electron chi connectivity index (χ2n) is 6.05. The number of hydrogen-bond acceptors (Lipinski definition) is 2. The summed E-state index contributed by atoms with van der Waals surface area (Å²) in [7, 11) is 0. The molecule has 0 saturated heterocycles. The van der Waals surface area contributed by atoms with Crippen LogP contribution >= 0.6 is 0 Å². The minimum atomic E-state index is -0.0813. The van der Waals surface area contributed by atoms with E-state index in [0.29, 0.717) is 13.0 Å². The highest BCUT2D eigenvalue weighted by atomic mass is 16.5. The van der Waals surface area contributed by atoms with Gasteiger partial charge in [0.05, 0.1) is 6.61 Å². The van der Waals surface area contributed by atoms with Gasteiger partial charge in [0.2, 0.25) is 0 Å². The topological polar surface area (TPSA) is 26.3 Å². The Morgan fingerprint density at radius 2 is 1.41 bits per heavy atom. The molecule has 0 aliphatic heterocycles. The van der Waals surface area contributed by atoms with E-state index in [1.807, 2.05) is 6.92 Å². The molecule has 0 aliphatic rings. The number of carbonyl (C=O) groups is 1. The van der Waals surface area contributed by atoms with E-state index in [4.69, 9.17) is 4.74 Å². The lowest BCUT2D eigenvalue weighted by atomic mass is 10.0. The van der Waals surface area contributed by atoms with E-state index in [0.717, 1.165) is 12.8 Å². The van der Waals surface area contributed by atoms with Crippen molar-refractivity contribution in [1.29, 1.82) is 0 Å². The van der Waals surface area contributed by atoms with Crippen LogP contribution in [0.15, 0.2) is 24.3 Å². The van der Waals surface area contributed by atoms with Crippen molar-refractivity contribution in [2.45, 2.75) is 78.1 Å². The van der Waals surface area contributed by atoms with Crippen molar-refractivity contribution in [3.63, 3.8) is 0 Å². The molecule has 22 heavy (non-hydrogen) atoms. The third-order valence-electron chi connectivity index (χ3n) is 3.95. The minimum Gasteiger partial charge on any atom is -0.465 e. The molecular weight excluding hydrogens is 272 g/mol. The van der Waals surface area contributed by atoms with Crippen molar-refractivity contribution in [2.75, 3.05) is 6.61 Å². The van der Waals surface area contributed by atoms with E-state index in [2.05, 4.69) is 31.2 Å². The number of rotatable bonds is 12. The molecule has 0 N–H and O–H groups in total. The summed E-state index contributed by atoms with van der Waals surface area (Å²) in [6.07, 6.45) is 11.4. The number of benzene rings is 1. The Labute approximate surface area is 136 Å². The maximum absolute atomic E-state index is 11.3. The fourth-order valence-corrected chi connectivity index (χ4v) is 2.54. The fraction of sp³-hybridized carbons (Fsp3) is 0.650. The quantitative estimate of drug-likeness (QED) is 0.378. The summed E-state index contributed by atoms with van der Waals surface area (Å²) < 4.78 is 5.19. The van der Waals surface area contributed by atoms with Crippen LogP contribution in [0.3, 0.4) is 0 Å². The lowest BCUT2D eigenvalue weighted by molar-refractivity contribution is -0.143. The molecule has 2 nitrogen and oxygen atoms in total. The second-order valence-corrected chi connectivity index (χ2v) is 6.05. The van der Waals surface area contributed by atoms with Crippen LogP contribution < -0.4 is 0 Å². The van der Waals surface area contributed by atoms with E-state index in [9.17, 15) is 4.79 Å². The van der Waals surface area contributed by atoms with Crippen LogP contribution in [0.5, 0.6) is 0 Å². The number of carbonyl (C=O) groups excluding carboxylic acids is 1. The van der Waals surface area contributed by atoms with Crippen molar-refractivity contribution >= 4 is 5.97 Å². The molecule has 1 aromatic carbocycles. The Kier molecular flexibility index (Phi) is 10.4. The molecule has 0 amide bonds. The first-order valence-electron chi connectivity index (χ1n) is 8.99. The highest BCUT2D eigenvalue weighted by molar-refractivity contribution is 5.69. The summed E-state index contributed by atoms with van der Waals surface area (Å²) in [6, 6.07) is 8.77. The normalized spacial score (nSPS) is 10.6. The Morgan fingerprint density at radius 1 is 0.818 bits per heavy atom. The lowest BCUT2D eigenvalue weighted by Crippen LogP contribution is -2.07. The van der Waals surface area contributed by atoms with Gasteiger partial charge in [-0.2, -0.15) is 0 Å². The first kappa shape index (κ1) is 18.7. The zero-order chi connectivity index (χ0) is 16.0. The highest BCUT2D eigenvalue weighted by Crippen LogP contribution is 2.11. The number of esters is 1. The van der Waals surface area contributed by atoms with Crippen molar-refractivity contribution < 1.29 is 9.53 Å². The fourth-order valence-electron chi connectivity index (χ4n) is 2.54. The highest BCUT2D eigenvalue weighted by Gasteiger charge is 2.01. The van der Waals surface area contributed by atoms with Gasteiger partial charge < -0.3 is 4.74 Å². The Morgan fingerprint density at radius 3 is 2.05 bits per heavy atom. The summed E-state index contributed by atoms with van der Waals surface area (Å²) in [6.45, 7) is 4.74. The number of ether oxygens (including phenoxy) is 1. The van der Waals surface area contributed by atoms with Gasteiger partial charge in [0.15, 0.2) is 0 Å². The molecule has 0 atom stereocenters. The van der Waals surface area contributed by atoms with Crippen molar-refractivity contribution in [3.8, 4) is 0 Å². The molecule has 0 spiro atoms. The van der Waals surface area contributed by atoms with Crippen molar-refractivity contribution in [2.24, 2.45) is 0 Å². The molecule has 0 radical (unpaired) electrons. The zero-order valence-electron chi connectivity index (χ0n) is 14.4. The summed E-state index contributed by atoms with van der Waals surface area (Å²) in [5, 5.41) is 0. The van der Waals surface area contributed by atoms with Gasteiger partial charge in [0, 0.05) is 12.8 Å². The van der Waals surface area contributed by atoms with Crippen LogP contribution in [-0.2, 0) is 22.4 Å². The predicted octanol–water partition coefficient (Wildman–Crippen LogP) is 5.48. The average molecular weight is 304 g/mol. The molecule has 0 aromatic heterocycles. The summed E-state index contributed by atoms with van der Waals surface area (Å²) in [5.74, 6) is -0.0813. The molecule has 124 valence electrons. The molecule has 0 heterocycles. The zero-order valence-corrected chi connectivity index (χ0v) is 14.4. The van der Waals surface area contributed by atoms with Crippen LogP contribution in [0, 0.1) is 0 Å². The number of aryl methyl sites for hydroxylation is 1. The van der Waals surface area contributed by atoms with Crippen LogP contribution in [-0.4, -0.2) is 12.6 Å². The molecule has 2 heteroatoms. The second kappa shape index (κ2) is 12.3. The van der Waals surface area contributed by atoms with E-state index in [-0.39, 0.29) is 5.97 Å². The van der Waals surface area contributed by atoms with Crippen molar-refractivity contribution in [3.05, 3.63) is 35.4 Å². The molecule has 0 saturated carbocycles. The van der Waals surface area contributed by atoms with E-state index >= 15 is 0 Å². The number of unbranched alkanes of at least 4 members (excludes halogenated alkanes) is 5. The molecular formula is C20H32O2. The van der Waals surface area contributed by atoms with E-state index < -0.39 is 0 Å². The predicted molar refractivity (Wildman–Crippen MR) is 93.1 cm³/mol. The van der Waals surface area contributed by atoms with E-state index in [1.54, 1.807) is 0 Å². The Hall–Kier alpha value is -1.31. The standard InChI is InChI=1S/C20H32O2/c1-3-5-6-7-8-9-11-18-12-14-19(15-13-18)16-17-22-20(21)10-4-2/h12-15H,3-11,16-17H2,1-2H3. The first-order valence-corrected chi connectivity index (χ1v) is 8.99. The Bertz CT molecular complexity index is 395. The summed E-state index contributed by atoms with van der Waals surface area (Å²) in [5.41, 5.74) is 2.67. The lowest BCUT2D eigenvalue weighted by Gasteiger charge is -2.06. The van der Waals surface area contributed by atoms with Crippen LogP contribution in [0.2, 0.25) is 0 Å². The van der Waals surface area contributed by atoms with Gasteiger partial charge in [-0.1, -0.05) is 70.2 Å². The monoisotopic (exact) mass is 304 g/mol. The summed E-state index contributed by atoms with van der Waals surface area (Å²) in [4.78, 5) is 11.3. The third-order valence-corrected chi connectivity index (χ3v) is 3.95. The van der Waals surface area contributed by atoms with Gasteiger partial charge in [-0.15, -0.1) is 0 Å². The maximum atomic E-state index is 11.3. The average Bonchev–Trinajstić information content (AvgIpc) is 2.52. The molecule has 0 bridgehead atoms. The van der Waals surface area contributed by atoms with Gasteiger partial charge in [0.25, 0.3) is 0 Å². The smallest absolute Gasteiger partial charge is 0.305 e. The van der Waals surface area contributed by atoms with Gasteiger partial charge in [-0.3, -0.25) is 4.79 Å². The van der Waals surface area contributed by atoms with Gasteiger partial charge in [0.1, 0.15) is 0 Å². The largest absolute Gasteiger partial charge is 0.465 e. The molecule has 0 unspecified atom stereocenters.